The number of halogens is 1. The van der Waals surface area contributed by atoms with E-state index in [0.717, 1.165) is 3.63 Å². The fourth-order valence-electron chi connectivity index (χ4n) is 2.07. The zero-order valence-corrected chi connectivity index (χ0v) is 14.0. The molecule has 2 rings (SSSR count). The molecule has 16 heavy (non-hydrogen) atoms. The molecule has 0 spiro atoms. The molecule has 0 saturated carbocycles. The van der Waals surface area contributed by atoms with Crippen LogP contribution in [0.1, 0.15) is 12.8 Å². The summed E-state index contributed by atoms with van der Waals surface area (Å²) in [5.74, 6) is 0. The van der Waals surface area contributed by atoms with Crippen molar-refractivity contribution in [2.75, 3.05) is 0 Å². The Morgan fingerprint density at radius 2 is 1.56 bits per heavy atom. The normalized spacial score (nSPS) is 16.9. The molecule has 0 N–H and O–H groups in total. The van der Waals surface area contributed by atoms with Crippen LogP contribution in [0.5, 0.6) is 0 Å². The second-order valence-corrected chi connectivity index (χ2v) is 17.5. The molecule has 0 aromatic rings. The third kappa shape index (κ3) is 3.68. The Labute approximate surface area is 116 Å². The average Bonchev–Trinajstić information content (AvgIpc) is 2.87. The molecule has 0 aromatic carbocycles. The summed E-state index contributed by atoms with van der Waals surface area (Å²) in [7, 11) is 0. The monoisotopic (exact) mass is 326 g/mol. The second kappa shape index (κ2) is 6.93. The molecule has 0 aromatic heterocycles. The third-order valence-corrected chi connectivity index (χ3v) is 11.8. The molecule has 0 bridgehead atoms. The maximum absolute atomic E-state index is 2.50. The summed E-state index contributed by atoms with van der Waals surface area (Å²) in [5.41, 5.74) is 3.45. The minimum absolute atomic E-state index is 0. The Morgan fingerprint density at radius 1 is 1.06 bits per heavy atom. The van der Waals surface area contributed by atoms with Crippen molar-refractivity contribution >= 4 is 5.43 Å². The van der Waals surface area contributed by atoms with Crippen LogP contribution in [0, 0.1) is 0 Å². The van der Waals surface area contributed by atoms with Crippen LogP contribution in [0.15, 0.2) is 47.6 Å². The average molecular weight is 328 g/mol. The van der Waals surface area contributed by atoms with E-state index in [2.05, 4.69) is 49.6 Å². The van der Waals surface area contributed by atoms with E-state index in [1.807, 2.05) is 0 Å². The van der Waals surface area contributed by atoms with Gasteiger partial charge in [0.1, 0.15) is 0 Å². The van der Waals surface area contributed by atoms with E-state index in [-0.39, 0.29) is 39.7 Å². The van der Waals surface area contributed by atoms with Crippen molar-refractivity contribution in [3.63, 3.8) is 0 Å². The summed E-state index contributed by atoms with van der Waals surface area (Å²) in [4.78, 5) is 0. The van der Waals surface area contributed by atoms with E-state index in [9.17, 15) is 0 Å². The van der Waals surface area contributed by atoms with Gasteiger partial charge in [0.2, 0.25) is 0 Å². The molecule has 0 atom stereocenters. The molecule has 0 fully saturated rings. The van der Waals surface area contributed by atoms with Gasteiger partial charge in [0, 0.05) is 0 Å². The Balaban J connectivity index is 0.00000128. The van der Waals surface area contributed by atoms with E-state index >= 15 is 0 Å². The van der Waals surface area contributed by atoms with Crippen molar-refractivity contribution in [1.29, 1.82) is 0 Å². The third-order valence-electron chi connectivity index (χ3n) is 2.77. The minimum atomic E-state index is -0.206. The molecule has 84 valence electrons. The Bertz CT molecular complexity index is 368. The van der Waals surface area contributed by atoms with Crippen LogP contribution < -0.4 is 12.4 Å². The summed E-state index contributed by atoms with van der Waals surface area (Å²) in [6, 6.07) is 0. The van der Waals surface area contributed by atoms with E-state index < -0.39 is 0 Å². The molecule has 2 aliphatic carbocycles. The largest absolute Gasteiger partial charge is 1.00 e. The van der Waals surface area contributed by atoms with Gasteiger partial charge in [-0.2, -0.15) is 0 Å². The number of hydrogen-bond donors (Lipinski definition) is 0. The van der Waals surface area contributed by atoms with Gasteiger partial charge in [-0.25, -0.2) is 0 Å². The molecule has 2 aliphatic rings. The predicted molar refractivity (Wildman–Crippen MR) is 64.9 cm³/mol. The molecular formula is C13H17ClSiZr. The number of allylic oxidation sites excluding steroid dienone is 8. The summed E-state index contributed by atoms with van der Waals surface area (Å²) in [6.07, 6.45) is 16.3. The van der Waals surface area contributed by atoms with Gasteiger partial charge in [0.15, 0.2) is 0 Å². The molecule has 3 heteroatoms. The van der Waals surface area contributed by atoms with E-state index in [0.29, 0.717) is 0 Å². The topological polar surface area (TPSA) is 0 Å². The first-order valence-electron chi connectivity index (χ1n) is 5.55. The van der Waals surface area contributed by atoms with Crippen molar-refractivity contribution < 1.29 is 34.3 Å². The fourth-order valence-corrected chi connectivity index (χ4v) is 11.1. The van der Waals surface area contributed by atoms with Crippen LogP contribution in [0.25, 0.3) is 0 Å². The van der Waals surface area contributed by atoms with Crippen molar-refractivity contribution in [2.45, 2.75) is 29.6 Å². The minimum Gasteiger partial charge on any atom is -1.00 e. The summed E-state index contributed by atoms with van der Waals surface area (Å²) < 4.78 is 0.905. The Morgan fingerprint density at radius 3 is 1.88 bits per heavy atom. The predicted octanol–water partition coefficient (Wildman–Crippen LogP) is 0.885. The van der Waals surface area contributed by atoms with Crippen molar-refractivity contribution in [3.8, 4) is 0 Å². The fraction of sp³-hybridized carbons (Fsp3) is 0.385. The van der Waals surface area contributed by atoms with Crippen LogP contribution in [0.4, 0.5) is 0 Å². The number of hydrogen-bond acceptors (Lipinski definition) is 0. The van der Waals surface area contributed by atoms with Gasteiger partial charge in [-0.15, -0.1) is 0 Å². The quantitative estimate of drug-likeness (QED) is 0.675. The zero-order chi connectivity index (χ0) is 10.7. The maximum atomic E-state index is 2.50. The smallest absolute Gasteiger partial charge is 1.00 e. The zero-order valence-electron chi connectivity index (χ0n) is 9.83. The SMILES string of the molecule is C[Si](C)=[Zr+][CH](C1=CC=CC1)C1=CC=CC1.[Cl-]. The van der Waals surface area contributed by atoms with Gasteiger partial charge >= 0.3 is 104 Å². The van der Waals surface area contributed by atoms with Gasteiger partial charge < -0.3 is 12.4 Å². The van der Waals surface area contributed by atoms with Gasteiger partial charge in [-0.05, 0) is 0 Å². The first-order valence-corrected chi connectivity index (χ1v) is 13.2. The van der Waals surface area contributed by atoms with Crippen molar-refractivity contribution in [1.82, 2.24) is 0 Å². The summed E-state index contributed by atoms with van der Waals surface area (Å²) in [5, 5.41) is 0. The van der Waals surface area contributed by atoms with E-state index in [4.69, 9.17) is 0 Å². The molecular weight excluding hydrogens is 311 g/mol. The summed E-state index contributed by atoms with van der Waals surface area (Å²) in [6.45, 7) is 4.99. The first kappa shape index (κ1) is 14.4. The van der Waals surface area contributed by atoms with Crippen LogP contribution in [0.2, 0.25) is 16.7 Å². The molecule has 0 amide bonds. The van der Waals surface area contributed by atoms with E-state index in [1.165, 1.54) is 12.8 Å². The van der Waals surface area contributed by atoms with E-state index in [1.54, 1.807) is 11.1 Å². The molecule has 0 unspecified atom stereocenters. The maximum Gasteiger partial charge on any atom is -1.00 e. The van der Waals surface area contributed by atoms with Gasteiger partial charge in [-0.3, -0.25) is 0 Å². The molecule has 0 heterocycles. The second-order valence-electron chi connectivity index (χ2n) is 4.33. The molecule has 0 saturated heterocycles. The molecule has 0 aliphatic heterocycles. The van der Waals surface area contributed by atoms with Gasteiger partial charge in [0.05, 0.1) is 0 Å². The van der Waals surface area contributed by atoms with Gasteiger partial charge in [-0.1, -0.05) is 0 Å². The van der Waals surface area contributed by atoms with Crippen LogP contribution in [-0.4, -0.2) is 5.43 Å². The van der Waals surface area contributed by atoms with Crippen molar-refractivity contribution in [2.24, 2.45) is 0 Å². The Hall–Kier alpha value is 0.350. The molecule has 0 radical (unpaired) electrons. The first-order chi connectivity index (χ1) is 7.27. The van der Waals surface area contributed by atoms with Crippen molar-refractivity contribution in [3.05, 3.63) is 47.6 Å². The standard InChI is InChI=1S/C11H11.C2H6Si.ClH.Zr/c1-2-6-10(5-1)9-11-7-3-4-8-11;1-3-2;;/h1-5,7,9H,6,8H2;1-2H3;1H;/q;;;+1/p-1. The van der Waals surface area contributed by atoms with Crippen LogP contribution in [0.3, 0.4) is 0 Å². The Kier molecular flexibility index (Phi) is 6.25. The summed E-state index contributed by atoms with van der Waals surface area (Å²) >= 11 is -0.206. The van der Waals surface area contributed by atoms with Crippen LogP contribution in [-0.2, 0) is 21.9 Å². The van der Waals surface area contributed by atoms with Crippen LogP contribution >= 0.6 is 0 Å². The van der Waals surface area contributed by atoms with Gasteiger partial charge in [0.25, 0.3) is 0 Å². The number of rotatable bonds is 3. The molecule has 0 nitrogen and oxygen atoms in total.